The molecule has 0 aliphatic carbocycles. The Balaban J connectivity index is 0.000000144. The highest BCUT2D eigenvalue weighted by Crippen LogP contribution is 2.40. The molecule has 1 fully saturated rings. The number of aromatic amines is 2. The van der Waals surface area contributed by atoms with Crippen LogP contribution in [0.15, 0.2) is 102 Å². The minimum absolute atomic E-state index is 0.360. The second-order valence-electron chi connectivity index (χ2n) is 12.6. The quantitative estimate of drug-likeness (QED) is 0.180. The Bertz CT molecular complexity index is 2310. The second kappa shape index (κ2) is 11.2. The molecule has 2 N–H and O–H groups in total. The second-order valence-corrected chi connectivity index (χ2v) is 15.7. The summed E-state index contributed by atoms with van der Waals surface area (Å²) in [6.45, 7) is 8.32. The molecule has 4 aromatic heterocycles. The molecule has 46 heavy (non-hydrogen) atoms. The van der Waals surface area contributed by atoms with Crippen LogP contribution in [0.2, 0.25) is 0 Å². The molecule has 0 saturated carbocycles. The molecule has 1 aliphatic heterocycles. The molecule has 8 aromatic rings. The van der Waals surface area contributed by atoms with Gasteiger partial charge in [-0.3, -0.25) is 10.2 Å². The van der Waals surface area contributed by atoms with Crippen molar-refractivity contribution in [1.29, 1.82) is 0 Å². The molecule has 1 saturated heterocycles. The zero-order valence-electron chi connectivity index (χ0n) is 25.7. The summed E-state index contributed by atoms with van der Waals surface area (Å²) in [5.74, 6) is 0. The topological polar surface area (TPSA) is 75.8 Å². The number of hydrogen-bond acceptors (Lipinski definition) is 6. The van der Waals surface area contributed by atoms with E-state index in [4.69, 9.17) is 9.31 Å². The highest BCUT2D eigenvalue weighted by atomic mass is 79.9. The van der Waals surface area contributed by atoms with E-state index >= 15 is 0 Å². The molecule has 0 amide bonds. The molecule has 228 valence electrons. The number of hydrogen-bond donors (Lipinski definition) is 2. The van der Waals surface area contributed by atoms with Crippen LogP contribution in [0.1, 0.15) is 27.7 Å². The molecule has 9 rings (SSSR count). The van der Waals surface area contributed by atoms with Crippen LogP contribution in [0, 0.1) is 0 Å². The highest BCUT2D eigenvalue weighted by molar-refractivity contribution is 9.10. The highest BCUT2D eigenvalue weighted by Gasteiger charge is 2.51. The van der Waals surface area contributed by atoms with Gasteiger partial charge in [-0.25, -0.2) is 0 Å². The predicted molar refractivity (Wildman–Crippen MR) is 197 cm³/mol. The van der Waals surface area contributed by atoms with Gasteiger partial charge in [0.2, 0.25) is 0 Å². The van der Waals surface area contributed by atoms with E-state index in [-0.39, 0.29) is 18.3 Å². The van der Waals surface area contributed by atoms with Crippen LogP contribution in [-0.2, 0) is 9.31 Å². The van der Waals surface area contributed by atoms with Gasteiger partial charge in [-0.2, -0.15) is 10.2 Å². The van der Waals surface area contributed by atoms with Gasteiger partial charge in [0.05, 0.1) is 34.6 Å². The Kier molecular flexibility index (Phi) is 7.19. The molecule has 1 aliphatic rings. The predicted octanol–water partition coefficient (Wildman–Crippen LogP) is 9.95. The summed E-state index contributed by atoms with van der Waals surface area (Å²) in [6.07, 6.45) is 3.72. The van der Waals surface area contributed by atoms with Gasteiger partial charge in [0.1, 0.15) is 0 Å². The lowest BCUT2D eigenvalue weighted by Crippen LogP contribution is -2.41. The number of aromatic nitrogens is 4. The molecule has 4 aromatic carbocycles. The molecular formula is C36H30BBrN4O2S2. The van der Waals surface area contributed by atoms with Crippen molar-refractivity contribution in [3.8, 4) is 20.9 Å². The van der Waals surface area contributed by atoms with Crippen molar-refractivity contribution in [2.45, 2.75) is 38.9 Å². The summed E-state index contributed by atoms with van der Waals surface area (Å²) in [7, 11) is -0.387. The van der Waals surface area contributed by atoms with E-state index in [1.807, 2.05) is 23.7 Å². The normalized spacial score (nSPS) is 15.6. The Hall–Kier alpha value is -3.80. The van der Waals surface area contributed by atoms with Gasteiger partial charge in [-0.1, -0.05) is 64.5 Å². The number of H-pyrrole nitrogens is 2. The number of benzene rings is 4. The average molecular weight is 706 g/mol. The minimum Gasteiger partial charge on any atom is -0.399 e. The molecule has 5 heterocycles. The maximum Gasteiger partial charge on any atom is 0.494 e. The Morgan fingerprint density at radius 2 is 1.13 bits per heavy atom. The lowest BCUT2D eigenvalue weighted by molar-refractivity contribution is 0.00578. The van der Waals surface area contributed by atoms with E-state index in [0.717, 1.165) is 37.3 Å². The fourth-order valence-electron chi connectivity index (χ4n) is 5.83. The summed E-state index contributed by atoms with van der Waals surface area (Å²) >= 11 is 7.17. The van der Waals surface area contributed by atoms with E-state index in [2.05, 4.69) is 149 Å². The van der Waals surface area contributed by atoms with Gasteiger partial charge in [-0.15, -0.1) is 22.7 Å². The third kappa shape index (κ3) is 5.18. The van der Waals surface area contributed by atoms with E-state index in [1.165, 1.54) is 35.5 Å². The van der Waals surface area contributed by atoms with Crippen LogP contribution in [0.4, 0.5) is 0 Å². The Morgan fingerprint density at radius 3 is 1.67 bits per heavy atom. The van der Waals surface area contributed by atoms with Crippen molar-refractivity contribution in [2.75, 3.05) is 0 Å². The third-order valence-electron chi connectivity index (χ3n) is 8.99. The van der Waals surface area contributed by atoms with Crippen molar-refractivity contribution >= 4 is 93.2 Å². The number of rotatable bonds is 3. The summed E-state index contributed by atoms with van der Waals surface area (Å²) in [5.41, 5.74) is 4.77. The van der Waals surface area contributed by atoms with Gasteiger partial charge < -0.3 is 9.31 Å². The molecule has 0 bridgehead atoms. The fraction of sp³-hybridized carbons (Fsp3) is 0.167. The van der Waals surface area contributed by atoms with Crippen molar-refractivity contribution in [2.24, 2.45) is 0 Å². The smallest absolute Gasteiger partial charge is 0.399 e. The third-order valence-corrected chi connectivity index (χ3v) is 11.7. The molecular weight excluding hydrogens is 675 g/mol. The first kappa shape index (κ1) is 29.6. The number of nitrogens with one attached hydrogen (secondary N) is 2. The van der Waals surface area contributed by atoms with E-state index in [1.54, 1.807) is 11.3 Å². The molecule has 0 radical (unpaired) electrons. The first-order valence-electron chi connectivity index (χ1n) is 15.1. The standard InChI is InChI=1S/C21H21BN2O2S.C15H9BrN2S/c1-20(2)21(3,4)26-22(25-20)15-9-14-12-23-24-19(14)16(11-15)18-10-13-7-5-6-8-17(13)27-18;16-11-5-10-8-17-18-15(10)12(7-11)14-6-9-3-1-2-4-13(9)19-14/h5-12H,1-4H3,(H,23,24);1-8H,(H,17,18). The Morgan fingerprint density at radius 1 is 0.630 bits per heavy atom. The molecule has 0 atom stereocenters. The van der Waals surface area contributed by atoms with Gasteiger partial charge in [0.25, 0.3) is 0 Å². The fourth-order valence-corrected chi connectivity index (χ4v) is 8.48. The maximum absolute atomic E-state index is 6.28. The van der Waals surface area contributed by atoms with Crippen molar-refractivity contribution in [3.05, 3.63) is 102 Å². The van der Waals surface area contributed by atoms with Crippen molar-refractivity contribution in [1.82, 2.24) is 20.4 Å². The Labute approximate surface area is 283 Å². The van der Waals surface area contributed by atoms with Crippen molar-refractivity contribution in [3.63, 3.8) is 0 Å². The van der Waals surface area contributed by atoms with E-state index < -0.39 is 0 Å². The van der Waals surface area contributed by atoms with E-state index in [9.17, 15) is 0 Å². The molecule has 10 heteroatoms. The number of thiophene rings is 2. The number of fused-ring (bicyclic) bond motifs is 4. The van der Waals surface area contributed by atoms with Gasteiger partial charge in [0.15, 0.2) is 0 Å². The lowest BCUT2D eigenvalue weighted by Gasteiger charge is -2.32. The first-order valence-corrected chi connectivity index (χ1v) is 17.5. The molecule has 6 nitrogen and oxygen atoms in total. The van der Waals surface area contributed by atoms with Gasteiger partial charge in [0, 0.05) is 45.5 Å². The first-order chi connectivity index (χ1) is 22.1. The zero-order valence-corrected chi connectivity index (χ0v) is 28.9. The summed E-state index contributed by atoms with van der Waals surface area (Å²) in [4.78, 5) is 2.47. The summed E-state index contributed by atoms with van der Waals surface area (Å²) in [6, 6.07) is 29.9. The zero-order chi connectivity index (χ0) is 31.6. The van der Waals surface area contributed by atoms with E-state index in [0.29, 0.717) is 0 Å². The lowest BCUT2D eigenvalue weighted by atomic mass is 9.77. The van der Waals surface area contributed by atoms with Crippen LogP contribution >= 0.6 is 38.6 Å². The van der Waals surface area contributed by atoms with Gasteiger partial charge in [-0.05, 0) is 80.3 Å². The average Bonchev–Trinajstić information content (AvgIpc) is 3.86. The van der Waals surface area contributed by atoms with Crippen molar-refractivity contribution < 1.29 is 9.31 Å². The molecule has 0 spiro atoms. The molecule has 0 unspecified atom stereocenters. The minimum atomic E-state index is -0.387. The monoisotopic (exact) mass is 704 g/mol. The SMILES string of the molecule is Brc1cc(-c2cc3ccccc3s2)c2[nH]ncc2c1.CC1(C)OB(c2cc(-c3cc4ccccc4s3)c3[nH]ncc3c2)OC1(C)C. The number of halogens is 1. The number of nitrogens with zero attached hydrogens (tertiary/aromatic N) is 2. The van der Waals surface area contributed by atoms with Crippen LogP contribution in [0.5, 0.6) is 0 Å². The van der Waals surface area contributed by atoms with Crippen LogP contribution in [-0.4, -0.2) is 38.7 Å². The van der Waals surface area contributed by atoms with Gasteiger partial charge >= 0.3 is 7.12 Å². The maximum atomic E-state index is 6.28. The van der Waals surface area contributed by atoms with Crippen LogP contribution in [0.25, 0.3) is 62.9 Å². The van der Waals surface area contributed by atoms with Crippen LogP contribution in [0.3, 0.4) is 0 Å². The summed E-state index contributed by atoms with van der Waals surface area (Å²) in [5, 5.41) is 19.4. The van der Waals surface area contributed by atoms with Crippen LogP contribution < -0.4 is 5.46 Å². The largest absolute Gasteiger partial charge is 0.494 e. The summed E-state index contributed by atoms with van der Waals surface area (Å²) < 4.78 is 16.2.